The predicted molar refractivity (Wildman–Crippen MR) is 78.0 cm³/mol. The lowest BCUT2D eigenvalue weighted by Crippen LogP contribution is -2.18. The Bertz CT molecular complexity index is 551. The Hall–Kier alpha value is -2.49. The van der Waals surface area contributed by atoms with E-state index in [1.54, 1.807) is 0 Å². The summed E-state index contributed by atoms with van der Waals surface area (Å²) in [6.07, 6.45) is -0.497. The minimum Gasteiger partial charge on any atom is -0.383 e. The SMILES string of the molecule is N=C/C(=C\NCC(F)F)Nc1nc(N)c(C(=N)Cl)c(N)n1. The first-order valence-corrected chi connectivity index (χ1v) is 5.89. The number of rotatable bonds is 7. The molecule has 0 unspecified atom stereocenters. The van der Waals surface area contributed by atoms with E-state index in [-0.39, 0.29) is 28.8 Å². The molecule has 0 amide bonds. The molecule has 8 nitrogen and oxygen atoms in total. The largest absolute Gasteiger partial charge is 0.383 e. The van der Waals surface area contributed by atoms with Gasteiger partial charge in [0.1, 0.15) is 16.8 Å². The van der Waals surface area contributed by atoms with Crippen LogP contribution in [0.3, 0.4) is 0 Å². The number of nitrogen functional groups attached to an aromatic ring is 2. The first-order valence-electron chi connectivity index (χ1n) is 5.51. The zero-order chi connectivity index (χ0) is 16.0. The number of hydrogen-bond donors (Lipinski definition) is 6. The van der Waals surface area contributed by atoms with Gasteiger partial charge in [-0.25, -0.2) is 8.78 Å². The highest BCUT2D eigenvalue weighted by Gasteiger charge is 2.13. The summed E-state index contributed by atoms with van der Waals surface area (Å²) in [5.74, 6) is -0.287. The summed E-state index contributed by atoms with van der Waals surface area (Å²) in [5, 5.41) is 18.9. The summed E-state index contributed by atoms with van der Waals surface area (Å²) in [6.45, 7) is -0.563. The fraction of sp³-hybridized carbons (Fsp3) is 0.200. The van der Waals surface area contributed by atoms with Crippen molar-refractivity contribution in [2.75, 3.05) is 23.3 Å². The van der Waals surface area contributed by atoms with Gasteiger partial charge in [0.15, 0.2) is 0 Å². The molecule has 21 heavy (non-hydrogen) atoms. The molecule has 8 N–H and O–H groups in total. The molecule has 0 bridgehead atoms. The van der Waals surface area contributed by atoms with Crippen LogP contribution in [0.1, 0.15) is 5.56 Å². The van der Waals surface area contributed by atoms with Crippen LogP contribution >= 0.6 is 11.6 Å². The molecule has 0 fully saturated rings. The zero-order valence-electron chi connectivity index (χ0n) is 10.6. The molecule has 0 atom stereocenters. The van der Waals surface area contributed by atoms with Crippen molar-refractivity contribution in [1.29, 1.82) is 10.8 Å². The van der Waals surface area contributed by atoms with Gasteiger partial charge in [-0.05, 0) is 0 Å². The molecule has 0 saturated carbocycles. The molecule has 1 rings (SSSR count). The minimum atomic E-state index is -2.52. The maximum atomic E-state index is 12.0. The van der Waals surface area contributed by atoms with Gasteiger partial charge in [0.2, 0.25) is 5.95 Å². The van der Waals surface area contributed by atoms with Crippen LogP contribution in [0.25, 0.3) is 0 Å². The molecule has 114 valence electrons. The van der Waals surface area contributed by atoms with Crippen LogP contribution in [-0.4, -0.2) is 34.3 Å². The van der Waals surface area contributed by atoms with Gasteiger partial charge < -0.3 is 27.5 Å². The predicted octanol–water partition coefficient (Wildman–Crippen LogP) is 0.963. The molecule has 0 saturated heterocycles. The van der Waals surface area contributed by atoms with E-state index in [0.717, 1.165) is 12.4 Å². The average Bonchev–Trinajstić information content (AvgIpc) is 2.35. The number of nitrogens with two attached hydrogens (primary N) is 2. The van der Waals surface area contributed by atoms with Gasteiger partial charge in [0.25, 0.3) is 6.43 Å². The second-order valence-electron chi connectivity index (χ2n) is 3.68. The van der Waals surface area contributed by atoms with Gasteiger partial charge in [-0.15, -0.1) is 0 Å². The number of hydrogen-bond acceptors (Lipinski definition) is 8. The Balaban J connectivity index is 2.91. The quantitative estimate of drug-likeness (QED) is 0.412. The molecule has 1 heterocycles. The monoisotopic (exact) mass is 318 g/mol. The van der Waals surface area contributed by atoms with E-state index in [9.17, 15) is 8.78 Å². The van der Waals surface area contributed by atoms with Gasteiger partial charge in [-0.1, -0.05) is 11.6 Å². The van der Waals surface area contributed by atoms with Crippen molar-refractivity contribution in [3.05, 3.63) is 17.5 Å². The van der Waals surface area contributed by atoms with Crippen molar-refractivity contribution in [2.24, 2.45) is 0 Å². The van der Waals surface area contributed by atoms with E-state index in [1.165, 1.54) is 0 Å². The van der Waals surface area contributed by atoms with Crippen molar-refractivity contribution < 1.29 is 8.78 Å². The summed E-state index contributed by atoms with van der Waals surface area (Å²) < 4.78 is 24.0. The molecule has 0 aliphatic carbocycles. The van der Waals surface area contributed by atoms with Crippen LogP contribution in [0.5, 0.6) is 0 Å². The van der Waals surface area contributed by atoms with Gasteiger partial charge in [-0.3, -0.25) is 5.41 Å². The summed E-state index contributed by atoms with van der Waals surface area (Å²) in [4.78, 5) is 7.63. The number of aromatic nitrogens is 2. The second kappa shape index (κ2) is 7.33. The van der Waals surface area contributed by atoms with Gasteiger partial charge in [0, 0.05) is 12.4 Å². The van der Waals surface area contributed by atoms with E-state index in [4.69, 9.17) is 33.9 Å². The smallest absolute Gasteiger partial charge is 0.255 e. The standard InChI is InChI=1S/C10H13ClF2N8/c11-7(15)6-8(16)20-10(21-9(6)17)19-4(1-14)2-18-3-5(12)13/h1-2,5,14-15,18H,3H2,(H5,16,17,19,20,21)/b4-2+,14-1?,15-7?. The topological polar surface area (TPSA) is 150 Å². The van der Waals surface area contributed by atoms with Gasteiger partial charge >= 0.3 is 0 Å². The molecular formula is C10H13ClF2N8. The summed E-state index contributed by atoms with van der Waals surface area (Å²) in [6, 6.07) is 0. The zero-order valence-corrected chi connectivity index (χ0v) is 11.4. The van der Waals surface area contributed by atoms with E-state index >= 15 is 0 Å². The number of nitrogens with zero attached hydrogens (tertiary/aromatic N) is 2. The summed E-state index contributed by atoms with van der Waals surface area (Å²) >= 11 is 5.49. The van der Waals surface area contributed by atoms with Crippen molar-refractivity contribution in [1.82, 2.24) is 15.3 Å². The number of halogens is 3. The number of alkyl halides is 2. The highest BCUT2D eigenvalue weighted by atomic mass is 35.5. The Morgan fingerprint density at radius 2 is 1.90 bits per heavy atom. The van der Waals surface area contributed by atoms with Crippen molar-refractivity contribution in [3.8, 4) is 0 Å². The first kappa shape index (κ1) is 16.6. The van der Waals surface area contributed by atoms with Crippen molar-refractivity contribution >= 4 is 40.6 Å². The number of anilines is 3. The first-order chi connectivity index (χ1) is 9.85. The van der Waals surface area contributed by atoms with Crippen molar-refractivity contribution in [3.63, 3.8) is 0 Å². The van der Waals surface area contributed by atoms with E-state index < -0.39 is 18.1 Å². The van der Waals surface area contributed by atoms with Crippen LogP contribution in [0.15, 0.2) is 11.9 Å². The summed E-state index contributed by atoms with van der Waals surface area (Å²) in [5.41, 5.74) is 11.3. The lowest BCUT2D eigenvalue weighted by atomic mass is 10.3. The average molecular weight is 319 g/mol. The van der Waals surface area contributed by atoms with Crippen LogP contribution < -0.4 is 22.1 Å². The van der Waals surface area contributed by atoms with E-state index in [1.807, 2.05) is 0 Å². The third-order valence-electron chi connectivity index (χ3n) is 2.13. The van der Waals surface area contributed by atoms with Gasteiger partial charge in [0.05, 0.1) is 17.8 Å². The molecule has 0 aromatic carbocycles. The molecule has 0 aliphatic heterocycles. The highest BCUT2D eigenvalue weighted by Crippen LogP contribution is 2.20. The maximum absolute atomic E-state index is 12.0. The molecular weight excluding hydrogens is 306 g/mol. The fourth-order valence-electron chi connectivity index (χ4n) is 1.28. The van der Waals surface area contributed by atoms with Crippen LogP contribution in [0.2, 0.25) is 0 Å². The number of nitrogens with one attached hydrogen (secondary N) is 4. The Labute approximate surface area is 123 Å². The normalized spacial score (nSPS) is 11.3. The lowest BCUT2D eigenvalue weighted by molar-refractivity contribution is 0.150. The lowest BCUT2D eigenvalue weighted by Gasteiger charge is -2.10. The highest BCUT2D eigenvalue weighted by molar-refractivity contribution is 6.69. The molecule has 0 radical (unpaired) electrons. The molecule has 0 spiro atoms. The third kappa shape index (κ3) is 4.84. The summed E-state index contributed by atoms with van der Waals surface area (Å²) in [7, 11) is 0. The van der Waals surface area contributed by atoms with Crippen LogP contribution in [0.4, 0.5) is 26.4 Å². The molecule has 11 heteroatoms. The number of allylic oxidation sites excluding steroid dienone is 1. The molecule has 1 aromatic rings. The molecule has 1 aromatic heterocycles. The maximum Gasteiger partial charge on any atom is 0.255 e. The Morgan fingerprint density at radius 1 is 1.33 bits per heavy atom. The van der Waals surface area contributed by atoms with E-state index in [2.05, 4.69) is 20.6 Å². The second-order valence-corrected chi connectivity index (χ2v) is 4.05. The van der Waals surface area contributed by atoms with Crippen LogP contribution in [-0.2, 0) is 0 Å². The fourth-order valence-corrected chi connectivity index (χ4v) is 1.47. The Kier molecular flexibility index (Phi) is 5.79. The third-order valence-corrected chi connectivity index (χ3v) is 2.31. The minimum absolute atomic E-state index is 0.00146. The molecule has 0 aliphatic rings. The Morgan fingerprint density at radius 3 is 2.33 bits per heavy atom. The van der Waals surface area contributed by atoms with Crippen LogP contribution in [0, 0.1) is 10.8 Å². The van der Waals surface area contributed by atoms with E-state index in [0.29, 0.717) is 0 Å². The van der Waals surface area contributed by atoms with Crippen molar-refractivity contribution in [2.45, 2.75) is 6.43 Å². The van der Waals surface area contributed by atoms with Gasteiger partial charge in [-0.2, -0.15) is 9.97 Å².